The Kier molecular flexibility index (Phi) is 3.66. The Morgan fingerprint density at radius 2 is 1.91 bits per heavy atom. The predicted molar refractivity (Wildman–Crippen MR) is 83.1 cm³/mol. The molecule has 4 rings (SSSR count). The second kappa shape index (κ2) is 5.94. The van der Waals surface area contributed by atoms with E-state index in [9.17, 15) is 0 Å². The number of nitrogens with zero attached hydrogens (tertiary/aromatic N) is 2. The molecule has 1 aromatic carbocycles. The smallest absolute Gasteiger partial charge is 0.231 e. The van der Waals surface area contributed by atoms with Crippen LogP contribution in [0, 0.1) is 0 Å². The number of pyridine rings is 1. The van der Waals surface area contributed by atoms with Gasteiger partial charge in [-0.15, -0.1) is 0 Å². The van der Waals surface area contributed by atoms with E-state index in [4.69, 9.17) is 9.47 Å². The third-order valence-electron chi connectivity index (χ3n) is 4.20. The van der Waals surface area contributed by atoms with Crippen LogP contribution in [0.5, 0.6) is 11.5 Å². The number of piperazine rings is 1. The molecular weight excluding hydrogens is 278 g/mol. The lowest BCUT2D eigenvalue weighted by atomic mass is 10.00. The summed E-state index contributed by atoms with van der Waals surface area (Å²) in [6, 6.07) is 12.5. The van der Waals surface area contributed by atoms with Crippen molar-refractivity contribution in [1.29, 1.82) is 0 Å². The maximum atomic E-state index is 5.54. The van der Waals surface area contributed by atoms with E-state index < -0.39 is 0 Å². The van der Waals surface area contributed by atoms with E-state index in [2.05, 4.69) is 33.4 Å². The number of fused-ring (bicyclic) bond motifs is 1. The molecule has 5 heteroatoms. The van der Waals surface area contributed by atoms with Gasteiger partial charge in [0, 0.05) is 32.4 Å². The average molecular weight is 297 g/mol. The van der Waals surface area contributed by atoms with Crippen LogP contribution in [0.15, 0.2) is 42.6 Å². The minimum absolute atomic E-state index is 0.151. The zero-order valence-corrected chi connectivity index (χ0v) is 12.4. The Balaban J connectivity index is 1.73. The Morgan fingerprint density at radius 1 is 1.05 bits per heavy atom. The predicted octanol–water partition coefficient (Wildman–Crippen LogP) is 1.80. The third-order valence-corrected chi connectivity index (χ3v) is 4.20. The summed E-state index contributed by atoms with van der Waals surface area (Å²) in [5.41, 5.74) is 2.27. The van der Waals surface area contributed by atoms with Crippen molar-refractivity contribution in [3.05, 3.63) is 53.9 Å². The summed E-state index contributed by atoms with van der Waals surface area (Å²) in [5.74, 6) is 1.65. The van der Waals surface area contributed by atoms with E-state index in [0.29, 0.717) is 6.79 Å². The van der Waals surface area contributed by atoms with Crippen molar-refractivity contribution in [2.75, 3.05) is 33.0 Å². The topological polar surface area (TPSA) is 46.6 Å². The molecule has 1 unspecified atom stereocenters. The number of ether oxygens (including phenoxy) is 2. The lowest BCUT2D eigenvalue weighted by molar-refractivity contribution is 0.173. The Labute approximate surface area is 129 Å². The standard InChI is InChI=1S/C17H19N3O2/c1-2-6-19-14(3-1)17(20-9-7-18-8-10-20)13-4-5-15-16(11-13)22-12-21-15/h1-6,11,17-18H,7-10,12H2. The number of hydrogen-bond donors (Lipinski definition) is 1. The molecule has 5 nitrogen and oxygen atoms in total. The van der Waals surface area contributed by atoms with Crippen LogP contribution in [-0.2, 0) is 0 Å². The highest BCUT2D eigenvalue weighted by Crippen LogP contribution is 2.37. The fraction of sp³-hybridized carbons (Fsp3) is 0.353. The van der Waals surface area contributed by atoms with Gasteiger partial charge in [-0.3, -0.25) is 9.88 Å². The minimum Gasteiger partial charge on any atom is -0.454 e. The molecule has 1 saturated heterocycles. The monoisotopic (exact) mass is 297 g/mol. The van der Waals surface area contributed by atoms with Gasteiger partial charge in [0.1, 0.15) is 0 Å². The van der Waals surface area contributed by atoms with Crippen molar-refractivity contribution in [2.24, 2.45) is 0 Å². The first kappa shape index (κ1) is 13.5. The van der Waals surface area contributed by atoms with Gasteiger partial charge >= 0.3 is 0 Å². The van der Waals surface area contributed by atoms with Gasteiger partial charge in [0.2, 0.25) is 6.79 Å². The van der Waals surface area contributed by atoms with Crippen LogP contribution in [-0.4, -0.2) is 42.9 Å². The summed E-state index contributed by atoms with van der Waals surface area (Å²) in [6.45, 7) is 4.34. The highest BCUT2D eigenvalue weighted by molar-refractivity contribution is 5.46. The Hall–Kier alpha value is -2.11. The summed E-state index contributed by atoms with van der Waals surface area (Å²) in [7, 11) is 0. The number of hydrogen-bond acceptors (Lipinski definition) is 5. The van der Waals surface area contributed by atoms with Crippen LogP contribution >= 0.6 is 0 Å². The molecule has 1 N–H and O–H groups in total. The first-order valence-electron chi connectivity index (χ1n) is 7.67. The lowest BCUT2D eigenvalue weighted by Crippen LogP contribution is -2.45. The molecule has 0 bridgehead atoms. The second-order valence-corrected chi connectivity index (χ2v) is 5.56. The molecule has 22 heavy (non-hydrogen) atoms. The van der Waals surface area contributed by atoms with Crippen LogP contribution in [0.2, 0.25) is 0 Å². The van der Waals surface area contributed by atoms with Gasteiger partial charge in [-0.2, -0.15) is 0 Å². The number of rotatable bonds is 3. The molecule has 1 atom stereocenters. The van der Waals surface area contributed by atoms with Gasteiger partial charge in [0.15, 0.2) is 11.5 Å². The molecule has 0 spiro atoms. The van der Waals surface area contributed by atoms with Gasteiger partial charge in [-0.25, -0.2) is 0 Å². The number of nitrogens with one attached hydrogen (secondary N) is 1. The van der Waals surface area contributed by atoms with E-state index in [1.165, 1.54) is 5.56 Å². The quantitative estimate of drug-likeness (QED) is 0.936. The molecule has 2 aliphatic rings. The molecule has 2 aromatic rings. The largest absolute Gasteiger partial charge is 0.454 e. The molecule has 0 radical (unpaired) electrons. The maximum Gasteiger partial charge on any atom is 0.231 e. The molecule has 0 amide bonds. The molecular formula is C17H19N3O2. The highest BCUT2D eigenvalue weighted by Gasteiger charge is 2.26. The molecule has 0 saturated carbocycles. The molecule has 114 valence electrons. The SMILES string of the molecule is c1ccc(C(c2ccc3c(c2)OCO3)N2CCNCC2)nc1. The molecule has 1 fully saturated rings. The van der Waals surface area contributed by atoms with E-state index in [0.717, 1.165) is 43.4 Å². The van der Waals surface area contributed by atoms with Gasteiger partial charge in [-0.1, -0.05) is 12.1 Å². The second-order valence-electron chi connectivity index (χ2n) is 5.56. The van der Waals surface area contributed by atoms with E-state index >= 15 is 0 Å². The van der Waals surface area contributed by atoms with Gasteiger partial charge in [0.05, 0.1) is 11.7 Å². The Morgan fingerprint density at radius 3 is 2.73 bits per heavy atom. The lowest BCUT2D eigenvalue weighted by Gasteiger charge is -2.35. The fourth-order valence-corrected chi connectivity index (χ4v) is 3.13. The van der Waals surface area contributed by atoms with Crippen LogP contribution in [0.25, 0.3) is 0 Å². The Bertz CT molecular complexity index is 642. The van der Waals surface area contributed by atoms with Gasteiger partial charge in [-0.05, 0) is 29.8 Å². The number of benzene rings is 1. The van der Waals surface area contributed by atoms with Crippen molar-refractivity contribution >= 4 is 0 Å². The van der Waals surface area contributed by atoms with E-state index in [1.807, 2.05) is 24.4 Å². The zero-order chi connectivity index (χ0) is 14.8. The van der Waals surface area contributed by atoms with Crippen molar-refractivity contribution in [1.82, 2.24) is 15.2 Å². The van der Waals surface area contributed by atoms with E-state index in [-0.39, 0.29) is 6.04 Å². The van der Waals surface area contributed by atoms with Crippen LogP contribution in [0.1, 0.15) is 17.3 Å². The molecule has 1 aromatic heterocycles. The third kappa shape index (κ3) is 2.53. The molecule has 2 aliphatic heterocycles. The van der Waals surface area contributed by atoms with Crippen molar-refractivity contribution in [3.8, 4) is 11.5 Å². The van der Waals surface area contributed by atoms with Crippen LogP contribution in [0.4, 0.5) is 0 Å². The maximum absolute atomic E-state index is 5.54. The van der Waals surface area contributed by atoms with Crippen LogP contribution < -0.4 is 14.8 Å². The summed E-state index contributed by atoms with van der Waals surface area (Å²) in [6.07, 6.45) is 1.86. The average Bonchev–Trinajstić information content (AvgIpc) is 3.05. The van der Waals surface area contributed by atoms with Crippen LogP contribution in [0.3, 0.4) is 0 Å². The van der Waals surface area contributed by atoms with Gasteiger partial charge in [0.25, 0.3) is 0 Å². The normalized spacial score (nSPS) is 19.1. The summed E-state index contributed by atoms with van der Waals surface area (Å²) < 4.78 is 11.0. The first-order chi connectivity index (χ1) is 10.9. The summed E-state index contributed by atoms with van der Waals surface area (Å²) >= 11 is 0. The fourth-order valence-electron chi connectivity index (χ4n) is 3.13. The van der Waals surface area contributed by atoms with Crippen molar-refractivity contribution in [3.63, 3.8) is 0 Å². The minimum atomic E-state index is 0.151. The number of aromatic nitrogens is 1. The first-order valence-corrected chi connectivity index (χ1v) is 7.67. The summed E-state index contributed by atoms with van der Waals surface area (Å²) in [4.78, 5) is 7.06. The molecule has 3 heterocycles. The zero-order valence-electron chi connectivity index (χ0n) is 12.4. The van der Waals surface area contributed by atoms with E-state index in [1.54, 1.807) is 0 Å². The molecule has 0 aliphatic carbocycles. The highest BCUT2D eigenvalue weighted by atomic mass is 16.7. The van der Waals surface area contributed by atoms with Gasteiger partial charge < -0.3 is 14.8 Å². The summed E-state index contributed by atoms with van der Waals surface area (Å²) in [5, 5.41) is 3.41. The van der Waals surface area contributed by atoms with Crippen molar-refractivity contribution < 1.29 is 9.47 Å². The van der Waals surface area contributed by atoms with Crippen molar-refractivity contribution in [2.45, 2.75) is 6.04 Å².